The standard InChI is InChI=1S/C31H33F3NO3P/c1-4-39(38,5-2)29-11-7-6-10-25(29)23-18-27(33)30(28(34)19-23)35-14-8-9-22(31(35)37)17-24(36)16-21-13-12-20(3)15-26(21)32/h6-7,10-13,15,18-19,22H,4-5,8-9,14,16-17H2,1-3H3/t22-/m0/s1. The monoisotopic (exact) mass is 555 g/mol. The zero-order valence-corrected chi connectivity index (χ0v) is 23.4. The van der Waals surface area contributed by atoms with Gasteiger partial charge in [-0.25, -0.2) is 13.2 Å². The van der Waals surface area contributed by atoms with Crippen molar-refractivity contribution in [3.05, 3.63) is 83.2 Å². The third-order valence-electron chi connectivity index (χ3n) is 7.58. The number of rotatable bonds is 9. The first kappa shape index (κ1) is 28.8. The molecular weight excluding hydrogens is 522 g/mol. The number of benzene rings is 3. The van der Waals surface area contributed by atoms with Crippen molar-refractivity contribution in [2.75, 3.05) is 23.8 Å². The van der Waals surface area contributed by atoms with Crippen LogP contribution in [0.25, 0.3) is 11.1 Å². The molecule has 3 aromatic carbocycles. The first-order chi connectivity index (χ1) is 18.6. The van der Waals surface area contributed by atoms with E-state index in [9.17, 15) is 18.5 Å². The summed E-state index contributed by atoms with van der Waals surface area (Å²) in [6.07, 6.45) is 1.48. The Labute approximate surface area is 227 Å². The molecule has 1 saturated heterocycles. The molecule has 0 spiro atoms. The Morgan fingerprint density at radius 1 is 0.974 bits per heavy atom. The Kier molecular flexibility index (Phi) is 8.80. The predicted octanol–water partition coefficient (Wildman–Crippen LogP) is 7.05. The van der Waals surface area contributed by atoms with E-state index in [4.69, 9.17) is 0 Å². The van der Waals surface area contributed by atoms with Gasteiger partial charge in [0.15, 0.2) is 11.6 Å². The average molecular weight is 556 g/mol. The SMILES string of the molecule is CCP(=O)(CC)c1ccccc1-c1cc(F)c(N2CCC[C@@H](CC(=O)Cc3ccc(C)cc3F)C2=O)c(F)c1. The largest absolute Gasteiger partial charge is 0.319 e. The maximum Gasteiger partial charge on any atom is 0.230 e. The zero-order valence-electron chi connectivity index (χ0n) is 22.5. The van der Waals surface area contributed by atoms with Crippen molar-refractivity contribution in [3.63, 3.8) is 0 Å². The normalized spacial score (nSPS) is 16.0. The van der Waals surface area contributed by atoms with Crippen LogP contribution in [0.1, 0.15) is 44.2 Å². The van der Waals surface area contributed by atoms with E-state index in [1.54, 1.807) is 43.3 Å². The third-order valence-corrected chi connectivity index (χ3v) is 10.9. The Morgan fingerprint density at radius 2 is 1.64 bits per heavy atom. The summed E-state index contributed by atoms with van der Waals surface area (Å²) in [6, 6.07) is 13.9. The van der Waals surface area contributed by atoms with Gasteiger partial charge in [-0.1, -0.05) is 50.2 Å². The minimum absolute atomic E-state index is 0.124. The van der Waals surface area contributed by atoms with Gasteiger partial charge in [-0.05, 0) is 60.2 Å². The van der Waals surface area contributed by atoms with Gasteiger partial charge < -0.3 is 9.46 Å². The van der Waals surface area contributed by atoms with Crippen LogP contribution in [0.2, 0.25) is 0 Å². The number of hydrogen-bond acceptors (Lipinski definition) is 3. The van der Waals surface area contributed by atoms with Crippen LogP contribution < -0.4 is 10.2 Å². The molecule has 1 aliphatic rings. The number of piperidine rings is 1. The molecule has 4 rings (SSSR count). The van der Waals surface area contributed by atoms with E-state index >= 15 is 8.78 Å². The van der Waals surface area contributed by atoms with E-state index in [1.165, 1.54) is 18.2 Å². The molecule has 1 aliphatic heterocycles. The van der Waals surface area contributed by atoms with E-state index in [1.807, 2.05) is 13.8 Å². The van der Waals surface area contributed by atoms with Gasteiger partial charge in [-0.2, -0.15) is 0 Å². The first-order valence-corrected chi connectivity index (χ1v) is 15.4. The van der Waals surface area contributed by atoms with E-state index < -0.39 is 42.1 Å². The molecule has 0 N–H and O–H groups in total. The summed E-state index contributed by atoms with van der Waals surface area (Å²) >= 11 is 0. The number of hydrogen-bond donors (Lipinski definition) is 0. The Morgan fingerprint density at radius 3 is 2.28 bits per heavy atom. The summed E-state index contributed by atoms with van der Waals surface area (Å²) in [6.45, 7) is 5.56. The molecule has 8 heteroatoms. The zero-order chi connectivity index (χ0) is 28.3. The van der Waals surface area contributed by atoms with Gasteiger partial charge in [-0.3, -0.25) is 9.59 Å². The molecule has 1 amide bonds. The topological polar surface area (TPSA) is 54.5 Å². The van der Waals surface area contributed by atoms with Gasteiger partial charge >= 0.3 is 0 Å². The minimum atomic E-state index is -2.73. The highest BCUT2D eigenvalue weighted by atomic mass is 31.2. The van der Waals surface area contributed by atoms with Crippen LogP contribution in [0.15, 0.2) is 54.6 Å². The molecule has 0 aliphatic carbocycles. The number of halogens is 3. The van der Waals surface area contributed by atoms with Crippen LogP contribution in [0.5, 0.6) is 0 Å². The van der Waals surface area contributed by atoms with Crippen molar-refractivity contribution in [1.82, 2.24) is 0 Å². The maximum absolute atomic E-state index is 15.5. The molecule has 0 bridgehead atoms. The molecule has 1 heterocycles. The molecule has 0 radical (unpaired) electrons. The summed E-state index contributed by atoms with van der Waals surface area (Å²) in [4.78, 5) is 27.1. The first-order valence-electron chi connectivity index (χ1n) is 13.3. The number of Topliss-reactive ketones (excluding diaryl/α,β-unsaturated/α-hetero) is 1. The lowest BCUT2D eigenvalue weighted by atomic mass is 9.89. The third kappa shape index (κ3) is 6.04. The number of anilines is 1. The van der Waals surface area contributed by atoms with E-state index in [2.05, 4.69) is 0 Å². The van der Waals surface area contributed by atoms with Crippen molar-refractivity contribution in [3.8, 4) is 11.1 Å². The second-order valence-electron chi connectivity index (χ2n) is 10.2. The number of amides is 1. The fourth-order valence-electron chi connectivity index (χ4n) is 5.33. The Balaban J connectivity index is 1.58. The van der Waals surface area contributed by atoms with Crippen molar-refractivity contribution in [2.24, 2.45) is 5.92 Å². The molecule has 4 nitrogen and oxygen atoms in total. The second-order valence-corrected chi connectivity index (χ2v) is 13.7. The average Bonchev–Trinajstić information content (AvgIpc) is 2.91. The van der Waals surface area contributed by atoms with Crippen LogP contribution in [0.3, 0.4) is 0 Å². The van der Waals surface area contributed by atoms with Gasteiger partial charge in [0.05, 0.1) is 0 Å². The van der Waals surface area contributed by atoms with Crippen molar-refractivity contribution < 1.29 is 27.3 Å². The smallest absolute Gasteiger partial charge is 0.230 e. The van der Waals surface area contributed by atoms with Gasteiger partial charge in [0.25, 0.3) is 0 Å². The quantitative estimate of drug-likeness (QED) is 0.266. The fraction of sp³-hybridized carbons (Fsp3) is 0.355. The van der Waals surface area contributed by atoms with Crippen molar-refractivity contribution in [2.45, 2.75) is 46.5 Å². The second kappa shape index (κ2) is 11.9. The van der Waals surface area contributed by atoms with Crippen LogP contribution in [-0.2, 0) is 20.6 Å². The van der Waals surface area contributed by atoms with E-state index in [0.29, 0.717) is 36.0 Å². The number of nitrogens with zero attached hydrogens (tertiary/aromatic N) is 1. The molecule has 1 atom stereocenters. The highest BCUT2D eigenvalue weighted by Gasteiger charge is 2.34. The van der Waals surface area contributed by atoms with Crippen LogP contribution >= 0.6 is 7.14 Å². The molecule has 0 aromatic heterocycles. The van der Waals surface area contributed by atoms with E-state index in [-0.39, 0.29) is 36.3 Å². The molecular formula is C31H33F3NO3P. The van der Waals surface area contributed by atoms with E-state index in [0.717, 1.165) is 10.5 Å². The van der Waals surface area contributed by atoms with Gasteiger partial charge in [0.1, 0.15) is 24.4 Å². The summed E-state index contributed by atoms with van der Waals surface area (Å²) in [5.74, 6) is -3.83. The summed E-state index contributed by atoms with van der Waals surface area (Å²) in [5, 5.41) is 0.583. The van der Waals surface area contributed by atoms with Gasteiger partial charge in [0.2, 0.25) is 5.91 Å². The van der Waals surface area contributed by atoms with Crippen LogP contribution in [0, 0.1) is 30.3 Å². The summed E-state index contributed by atoms with van der Waals surface area (Å²) < 4.78 is 58.6. The molecule has 0 saturated carbocycles. The minimum Gasteiger partial charge on any atom is -0.319 e. The van der Waals surface area contributed by atoms with Gasteiger partial charge in [0, 0.05) is 42.9 Å². The van der Waals surface area contributed by atoms with Crippen LogP contribution in [-0.4, -0.2) is 30.6 Å². The predicted molar refractivity (Wildman–Crippen MR) is 150 cm³/mol. The molecule has 39 heavy (non-hydrogen) atoms. The summed E-state index contributed by atoms with van der Waals surface area (Å²) in [7, 11) is -2.73. The maximum atomic E-state index is 15.5. The Bertz CT molecular complexity index is 1420. The Hall–Kier alpha value is -3.18. The molecule has 3 aromatic rings. The number of ketones is 1. The highest BCUT2D eigenvalue weighted by Crippen LogP contribution is 2.46. The van der Waals surface area contributed by atoms with Crippen molar-refractivity contribution >= 4 is 29.8 Å². The van der Waals surface area contributed by atoms with Crippen molar-refractivity contribution in [1.29, 1.82) is 0 Å². The fourth-order valence-corrected chi connectivity index (χ4v) is 7.46. The summed E-state index contributed by atoms with van der Waals surface area (Å²) in [5.41, 5.74) is 1.31. The number of aryl methyl sites for hydroxylation is 1. The highest BCUT2D eigenvalue weighted by molar-refractivity contribution is 7.71. The lowest BCUT2D eigenvalue weighted by Gasteiger charge is -2.32. The molecule has 0 unspecified atom stereocenters. The molecule has 206 valence electrons. The van der Waals surface area contributed by atoms with Crippen LogP contribution in [0.4, 0.5) is 18.9 Å². The molecule has 1 fully saturated rings. The lowest BCUT2D eigenvalue weighted by molar-refractivity contribution is -0.128. The van der Waals surface area contributed by atoms with Gasteiger partial charge in [-0.15, -0.1) is 0 Å². The number of carbonyl (C=O) groups is 2. The number of carbonyl (C=O) groups excluding carboxylic acids is 2. The lowest BCUT2D eigenvalue weighted by Crippen LogP contribution is -2.43.